The number of halogens is 2. The third-order valence-corrected chi connectivity index (χ3v) is 5.10. The molecule has 0 spiro atoms. The Morgan fingerprint density at radius 3 is 2.39 bits per heavy atom. The lowest BCUT2D eigenvalue weighted by Crippen LogP contribution is -2.23. The van der Waals surface area contributed by atoms with E-state index in [-0.39, 0.29) is 11.1 Å². The maximum Gasteiger partial charge on any atom is 0.321 e. The van der Waals surface area contributed by atoms with Crippen LogP contribution in [0.15, 0.2) is 47.6 Å². The summed E-state index contributed by atoms with van der Waals surface area (Å²) in [6, 6.07) is 11.6. The van der Waals surface area contributed by atoms with Crippen molar-refractivity contribution in [3.8, 4) is 11.5 Å². The van der Waals surface area contributed by atoms with Crippen molar-refractivity contribution in [2.24, 2.45) is 0 Å². The number of carbonyl (C=O) groups excluding carboxylic acids is 1. The largest absolute Gasteiger partial charge is 0.497 e. The molecule has 1 amide bonds. The number of ether oxygens (including phenoxy) is 2. The zero-order chi connectivity index (χ0) is 20.3. The van der Waals surface area contributed by atoms with Crippen molar-refractivity contribution < 1.29 is 23.0 Å². The number of thioether (sulfide) groups is 1. The SMILES string of the molecule is COc1cc(NC(=O)[C@H](C)Sc2nc3ccccc3n2C(F)F)cc(OC)c1. The molecular formula is C19H19F2N3O3S. The van der Waals surface area contributed by atoms with Gasteiger partial charge in [0.15, 0.2) is 5.16 Å². The Morgan fingerprint density at radius 2 is 1.79 bits per heavy atom. The van der Waals surface area contributed by atoms with Gasteiger partial charge in [-0.15, -0.1) is 0 Å². The van der Waals surface area contributed by atoms with Gasteiger partial charge in [-0.05, 0) is 19.1 Å². The Balaban J connectivity index is 1.80. The lowest BCUT2D eigenvalue weighted by molar-refractivity contribution is -0.115. The van der Waals surface area contributed by atoms with Crippen LogP contribution in [0.25, 0.3) is 11.0 Å². The van der Waals surface area contributed by atoms with Gasteiger partial charge in [0.1, 0.15) is 11.5 Å². The van der Waals surface area contributed by atoms with Gasteiger partial charge >= 0.3 is 6.55 Å². The van der Waals surface area contributed by atoms with E-state index in [1.165, 1.54) is 14.2 Å². The van der Waals surface area contributed by atoms with E-state index in [1.54, 1.807) is 49.4 Å². The molecular weight excluding hydrogens is 388 g/mol. The summed E-state index contributed by atoms with van der Waals surface area (Å²) < 4.78 is 38.3. The molecule has 0 saturated heterocycles. The number of imidazole rings is 1. The van der Waals surface area contributed by atoms with Crippen molar-refractivity contribution in [1.29, 1.82) is 0 Å². The predicted octanol–water partition coefficient (Wildman–Crippen LogP) is 4.57. The summed E-state index contributed by atoms with van der Waals surface area (Å²) in [4.78, 5) is 16.8. The third kappa shape index (κ3) is 4.19. The maximum absolute atomic E-state index is 13.5. The number of hydrogen-bond donors (Lipinski definition) is 1. The van der Waals surface area contributed by atoms with E-state index in [0.29, 0.717) is 28.2 Å². The van der Waals surface area contributed by atoms with Crippen LogP contribution in [-0.2, 0) is 4.79 Å². The number of hydrogen-bond acceptors (Lipinski definition) is 5. The van der Waals surface area contributed by atoms with Crippen LogP contribution in [0, 0.1) is 0 Å². The van der Waals surface area contributed by atoms with Crippen molar-refractivity contribution in [3.05, 3.63) is 42.5 Å². The summed E-state index contributed by atoms with van der Waals surface area (Å²) in [5.41, 5.74) is 1.26. The van der Waals surface area contributed by atoms with Crippen LogP contribution in [0.1, 0.15) is 13.5 Å². The molecule has 0 saturated carbocycles. The second-order valence-electron chi connectivity index (χ2n) is 5.88. The second-order valence-corrected chi connectivity index (χ2v) is 7.19. The minimum Gasteiger partial charge on any atom is -0.497 e. The quantitative estimate of drug-likeness (QED) is 0.582. The standard InChI is InChI=1S/C19H19F2N3O3S/c1-11(17(25)22-12-8-13(26-2)10-14(9-12)27-3)28-19-23-15-6-4-5-7-16(15)24(19)18(20)21/h4-11,18H,1-3H3,(H,22,25)/t11-/m0/s1. The first kappa shape index (κ1) is 19.9. The van der Waals surface area contributed by atoms with E-state index < -0.39 is 11.8 Å². The highest BCUT2D eigenvalue weighted by molar-refractivity contribution is 8.00. The predicted molar refractivity (Wildman–Crippen MR) is 104 cm³/mol. The molecule has 28 heavy (non-hydrogen) atoms. The molecule has 6 nitrogen and oxygen atoms in total. The highest BCUT2D eigenvalue weighted by atomic mass is 32.2. The summed E-state index contributed by atoms with van der Waals surface area (Å²) in [7, 11) is 3.02. The highest BCUT2D eigenvalue weighted by Gasteiger charge is 2.23. The first-order valence-electron chi connectivity index (χ1n) is 8.38. The topological polar surface area (TPSA) is 65.4 Å². The summed E-state index contributed by atoms with van der Waals surface area (Å²) in [5.74, 6) is 0.692. The van der Waals surface area contributed by atoms with E-state index in [0.717, 1.165) is 16.3 Å². The number of methoxy groups -OCH3 is 2. The number of anilines is 1. The Hall–Kier alpha value is -2.81. The maximum atomic E-state index is 13.5. The zero-order valence-corrected chi connectivity index (χ0v) is 16.3. The summed E-state index contributed by atoms with van der Waals surface area (Å²) >= 11 is 0.969. The monoisotopic (exact) mass is 407 g/mol. The van der Waals surface area contributed by atoms with Gasteiger partial charge in [0.2, 0.25) is 5.91 Å². The van der Waals surface area contributed by atoms with Crippen LogP contribution >= 0.6 is 11.8 Å². The molecule has 1 atom stereocenters. The van der Waals surface area contributed by atoms with Gasteiger partial charge in [-0.1, -0.05) is 23.9 Å². The number of amides is 1. The van der Waals surface area contributed by atoms with Crippen LogP contribution in [0.4, 0.5) is 14.5 Å². The van der Waals surface area contributed by atoms with Crippen molar-refractivity contribution in [3.63, 3.8) is 0 Å². The smallest absolute Gasteiger partial charge is 0.321 e. The third-order valence-electron chi connectivity index (χ3n) is 4.03. The van der Waals surface area contributed by atoms with Crippen LogP contribution in [0.5, 0.6) is 11.5 Å². The number of carbonyl (C=O) groups is 1. The van der Waals surface area contributed by atoms with Crippen molar-refractivity contribution in [2.45, 2.75) is 23.9 Å². The molecule has 0 fully saturated rings. The number of nitrogens with zero attached hydrogens (tertiary/aromatic N) is 2. The number of benzene rings is 2. The number of para-hydroxylation sites is 2. The summed E-state index contributed by atoms with van der Waals surface area (Å²) in [6.45, 7) is -1.13. The fraction of sp³-hybridized carbons (Fsp3) is 0.263. The van der Waals surface area contributed by atoms with Gasteiger partial charge < -0.3 is 14.8 Å². The first-order valence-corrected chi connectivity index (χ1v) is 9.26. The average molecular weight is 407 g/mol. The van der Waals surface area contributed by atoms with Gasteiger partial charge in [0.25, 0.3) is 0 Å². The molecule has 148 valence electrons. The highest BCUT2D eigenvalue weighted by Crippen LogP contribution is 2.32. The number of aromatic nitrogens is 2. The minimum absolute atomic E-state index is 0.0853. The molecule has 0 unspecified atom stereocenters. The molecule has 0 aliphatic carbocycles. The minimum atomic E-state index is -2.76. The fourth-order valence-corrected chi connectivity index (χ4v) is 3.55. The van der Waals surface area contributed by atoms with Crippen LogP contribution in [0.2, 0.25) is 0 Å². The molecule has 1 heterocycles. The number of fused-ring (bicyclic) bond motifs is 1. The molecule has 0 radical (unpaired) electrons. The Morgan fingerprint density at radius 1 is 1.14 bits per heavy atom. The van der Waals surface area contributed by atoms with Gasteiger partial charge in [-0.25, -0.2) is 4.98 Å². The average Bonchev–Trinajstić information content (AvgIpc) is 3.05. The fourth-order valence-electron chi connectivity index (χ4n) is 2.63. The van der Waals surface area contributed by atoms with E-state index in [2.05, 4.69) is 10.3 Å². The van der Waals surface area contributed by atoms with E-state index >= 15 is 0 Å². The lowest BCUT2D eigenvalue weighted by Gasteiger charge is -2.14. The molecule has 2 aromatic carbocycles. The van der Waals surface area contributed by atoms with Crippen molar-refractivity contribution in [2.75, 3.05) is 19.5 Å². The summed E-state index contributed by atoms with van der Waals surface area (Å²) in [6.07, 6.45) is 0. The molecule has 3 rings (SSSR count). The van der Waals surface area contributed by atoms with Crippen LogP contribution < -0.4 is 14.8 Å². The number of alkyl halides is 2. The molecule has 0 bridgehead atoms. The molecule has 1 aromatic heterocycles. The second kappa shape index (κ2) is 8.47. The summed E-state index contributed by atoms with van der Waals surface area (Å²) in [5, 5.41) is 2.17. The van der Waals surface area contributed by atoms with E-state index in [9.17, 15) is 13.6 Å². The molecule has 3 aromatic rings. The van der Waals surface area contributed by atoms with Crippen molar-refractivity contribution >= 4 is 34.4 Å². The Labute approximate surface area is 164 Å². The van der Waals surface area contributed by atoms with Crippen LogP contribution in [-0.4, -0.2) is 34.9 Å². The first-order chi connectivity index (χ1) is 13.4. The molecule has 9 heteroatoms. The Kier molecular flexibility index (Phi) is 6.03. The van der Waals surface area contributed by atoms with E-state index in [1.807, 2.05) is 0 Å². The van der Waals surface area contributed by atoms with Gasteiger partial charge in [-0.3, -0.25) is 9.36 Å². The Bertz CT molecular complexity index is 971. The molecule has 1 N–H and O–H groups in total. The normalized spacial score (nSPS) is 12.2. The van der Waals surface area contributed by atoms with Gasteiger partial charge in [-0.2, -0.15) is 8.78 Å². The van der Waals surface area contributed by atoms with E-state index in [4.69, 9.17) is 9.47 Å². The molecule has 0 aliphatic heterocycles. The number of rotatable bonds is 7. The molecule has 0 aliphatic rings. The van der Waals surface area contributed by atoms with Gasteiger partial charge in [0.05, 0.1) is 30.5 Å². The zero-order valence-electron chi connectivity index (χ0n) is 15.5. The number of nitrogens with one attached hydrogen (secondary N) is 1. The lowest BCUT2D eigenvalue weighted by atomic mass is 10.2. The van der Waals surface area contributed by atoms with Gasteiger partial charge in [0, 0.05) is 23.9 Å². The van der Waals surface area contributed by atoms with Crippen molar-refractivity contribution in [1.82, 2.24) is 9.55 Å². The van der Waals surface area contributed by atoms with Crippen LogP contribution in [0.3, 0.4) is 0 Å².